The van der Waals surface area contributed by atoms with Gasteiger partial charge in [-0.1, -0.05) is 17.3 Å². The fourth-order valence-electron chi connectivity index (χ4n) is 3.09. The van der Waals surface area contributed by atoms with Crippen molar-refractivity contribution >= 4 is 11.6 Å². The molecule has 1 aromatic heterocycles. The second kappa shape index (κ2) is 7.80. The zero-order chi connectivity index (χ0) is 17.8. The van der Waals surface area contributed by atoms with Gasteiger partial charge in [0.1, 0.15) is 5.76 Å². The summed E-state index contributed by atoms with van der Waals surface area (Å²) in [4.78, 5) is 16.9. The highest BCUT2D eigenvalue weighted by molar-refractivity contribution is 5.93. The van der Waals surface area contributed by atoms with Gasteiger partial charge in [-0.3, -0.25) is 14.6 Å². The first kappa shape index (κ1) is 17.6. The summed E-state index contributed by atoms with van der Waals surface area (Å²) in [5, 5.41) is 7.08. The average Bonchev–Trinajstić information content (AvgIpc) is 2.98. The van der Waals surface area contributed by atoms with E-state index in [9.17, 15) is 4.79 Å². The maximum atomic E-state index is 12.3. The molecular formula is C19H26N4O2. The molecule has 0 atom stereocenters. The highest BCUT2D eigenvalue weighted by Crippen LogP contribution is 2.16. The van der Waals surface area contributed by atoms with Crippen LogP contribution in [-0.2, 0) is 11.3 Å². The van der Waals surface area contributed by atoms with Crippen LogP contribution in [0.1, 0.15) is 22.6 Å². The third-order valence-corrected chi connectivity index (χ3v) is 4.56. The van der Waals surface area contributed by atoms with E-state index in [0.29, 0.717) is 6.54 Å². The summed E-state index contributed by atoms with van der Waals surface area (Å²) < 4.78 is 5.11. The molecule has 134 valence electrons. The number of hydrogen-bond acceptors (Lipinski definition) is 5. The van der Waals surface area contributed by atoms with Gasteiger partial charge in [0, 0.05) is 44.5 Å². The summed E-state index contributed by atoms with van der Waals surface area (Å²) in [6.07, 6.45) is 0. The molecule has 1 N–H and O–H groups in total. The van der Waals surface area contributed by atoms with E-state index < -0.39 is 0 Å². The van der Waals surface area contributed by atoms with E-state index in [4.69, 9.17) is 4.52 Å². The minimum atomic E-state index is 0.0503. The second-order valence-electron chi connectivity index (χ2n) is 6.85. The molecule has 0 radical (unpaired) electrons. The fourth-order valence-corrected chi connectivity index (χ4v) is 3.09. The van der Waals surface area contributed by atoms with Gasteiger partial charge >= 0.3 is 0 Å². The van der Waals surface area contributed by atoms with Gasteiger partial charge < -0.3 is 9.84 Å². The number of hydrogen-bond donors (Lipinski definition) is 1. The number of rotatable bonds is 5. The second-order valence-corrected chi connectivity index (χ2v) is 6.85. The van der Waals surface area contributed by atoms with E-state index in [1.54, 1.807) is 0 Å². The Labute approximate surface area is 148 Å². The number of piperazine rings is 1. The number of carbonyl (C=O) groups excluding carboxylic acids is 1. The van der Waals surface area contributed by atoms with E-state index in [0.717, 1.165) is 61.0 Å². The van der Waals surface area contributed by atoms with E-state index in [-0.39, 0.29) is 5.91 Å². The third kappa shape index (κ3) is 4.90. The topological polar surface area (TPSA) is 61.6 Å². The number of aryl methyl sites for hydroxylation is 3. The molecule has 0 aliphatic carbocycles. The van der Waals surface area contributed by atoms with Crippen LogP contribution in [0.15, 0.2) is 28.8 Å². The maximum Gasteiger partial charge on any atom is 0.238 e. The SMILES string of the molecule is Cc1ccc(C)c(NC(=O)CN2CCN(Cc3cc(C)on3)CC2)c1. The van der Waals surface area contributed by atoms with E-state index in [1.807, 2.05) is 39.0 Å². The van der Waals surface area contributed by atoms with Crippen LogP contribution < -0.4 is 5.32 Å². The van der Waals surface area contributed by atoms with Crippen molar-refractivity contribution < 1.29 is 9.32 Å². The van der Waals surface area contributed by atoms with Gasteiger partial charge in [0.25, 0.3) is 0 Å². The molecule has 3 rings (SSSR count). The van der Waals surface area contributed by atoms with Crippen molar-refractivity contribution in [1.82, 2.24) is 15.0 Å². The minimum absolute atomic E-state index is 0.0503. The molecule has 1 fully saturated rings. The summed E-state index contributed by atoms with van der Waals surface area (Å²) in [5.74, 6) is 0.894. The predicted octanol–water partition coefficient (Wildman–Crippen LogP) is 2.36. The Morgan fingerprint density at radius 3 is 2.52 bits per heavy atom. The van der Waals surface area contributed by atoms with Gasteiger partial charge in [-0.25, -0.2) is 0 Å². The van der Waals surface area contributed by atoms with Crippen molar-refractivity contribution in [3.8, 4) is 0 Å². The highest BCUT2D eigenvalue weighted by Gasteiger charge is 2.20. The number of nitrogens with zero attached hydrogens (tertiary/aromatic N) is 3. The van der Waals surface area contributed by atoms with Crippen molar-refractivity contribution in [3.05, 3.63) is 46.8 Å². The van der Waals surface area contributed by atoms with Crippen LogP contribution in [0.4, 0.5) is 5.69 Å². The zero-order valence-electron chi connectivity index (χ0n) is 15.2. The lowest BCUT2D eigenvalue weighted by Crippen LogP contribution is -2.48. The highest BCUT2D eigenvalue weighted by atomic mass is 16.5. The monoisotopic (exact) mass is 342 g/mol. The summed E-state index contributed by atoms with van der Waals surface area (Å²) in [6.45, 7) is 10.8. The number of benzene rings is 1. The molecule has 2 aromatic rings. The number of carbonyl (C=O) groups is 1. The standard InChI is InChI=1S/C19H26N4O2/c1-14-4-5-15(2)18(10-14)20-19(24)13-23-8-6-22(7-9-23)12-17-11-16(3)25-21-17/h4-5,10-11H,6-9,12-13H2,1-3H3,(H,20,24). The maximum absolute atomic E-state index is 12.3. The summed E-state index contributed by atoms with van der Waals surface area (Å²) in [6, 6.07) is 8.09. The smallest absolute Gasteiger partial charge is 0.238 e. The Morgan fingerprint density at radius 2 is 1.84 bits per heavy atom. The van der Waals surface area contributed by atoms with E-state index >= 15 is 0 Å². The van der Waals surface area contributed by atoms with Gasteiger partial charge in [-0.15, -0.1) is 0 Å². The van der Waals surface area contributed by atoms with Crippen LogP contribution >= 0.6 is 0 Å². The summed E-state index contributed by atoms with van der Waals surface area (Å²) >= 11 is 0. The number of aromatic nitrogens is 1. The average molecular weight is 342 g/mol. The number of amides is 1. The Kier molecular flexibility index (Phi) is 5.50. The molecule has 1 aliphatic rings. The van der Waals surface area contributed by atoms with Gasteiger partial charge in [0.05, 0.1) is 12.2 Å². The van der Waals surface area contributed by atoms with Gasteiger partial charge in [-0.2, -0.15) is 0 Å². The third-order valence-electron chi connectivity index (χ3n) is 4.56. The molecule has 0 bridgehead atoms. The molecule has 2 heterocycles. The number of anilines is 1. The first-order chi connectivity index (χ1) is 12.0. The molecule has 0 unspecified atom stereocenters. The summed E-state index contributed by atoms with van der Waals surface area (Å²) in [5.41, 5.74) is 4.12. The van der Waals surface area contributed by atoms with Crippen molar-refractivity contribution in [2.75, 3.05) is 38.0 Å². The van der Waals surface area contributed by atoms with Crippen molar-refractivity contribution in [1.29, 1.82) is 0 Å². The first-order valence-corrected chi connectivity index (χ1v) is 8.73. The largest absolute Gasteiger partial charge is 0.361 e. The lowest BCUT2D eigenvalue weighted by atomic mass is 10.1. The van der Waals surface area contributed by atoms with Crippen molar-refractivity contribution in [2.24, 2.45) is 0 Å². The molecular weight excluding hydrogens is 316 g/mol. The van der Waals surface area contributed by atoms with Crippen LogP contribution in [0, 0.1) is 20.8 Å². The van der Waals surface area contributed by atoms with E-state index in [1.165, 1.54) is 0 Å². The molecule has 1 aromatic carbocycles. The van der Waals surface area contributed by atoms with E-state index in [2.05, 4.69) is 26.3 Å². The van der Waals surface area contributed by atoms with Crippen molar-refractivity contribution in [3.63, 3.8) is 0 Å². The van der Waals surface area contributed by atoms with Crippen LogP contribution in [0.2, 0.25) is 0 Å². The van der Waals surface area contributed by atoms with Gasteiger partial charge in [0.2, 0.25) is 5.91 Å². The molecule has 1 saturated heterocycles. The zero-order valence-corrected chi connectivity index (χ0v) is 15.2. The lowest BCUT2D eigenvalue weighted by molar-refractivity contribution is -0.117. The fraction of sp³-hybridized carbons (Fsp3) is 0.474. The Bertz CT molecular complexity index is 733. The molecule has 1 aliphatic heterocycles. The molecule has 1 amide bonds. The Balaban J connectivity index is 1.45. The van der Waals surface area contributed by atoms with Crippen molar-refractivity contribution in [2.45, 2.75) is 27.3 Å². The molecule has 0 spiro atoms. The predicted molar refractivity (Wildman–Crippen MR) is 97.5 cm³/mol. The molecule has 25 heavy (non-hydrogen) atoms. The quantitative estimate of drug-likeness (QED) is 0.904. The van der Waals surface area contributed by atoms with Gasteiger partial charge in [0.15, 0.2) is 0 Å². The van der Waals surface area contributed by atoms with Crippen LogP contribution in [-0.4, -0.2) is 53.6 Å². The summed E-state index contributed by atoms with van der Waals surface area (Å²) in [7, 11) is 0. The molecule has 0 saturated carbocycles. The van der Waals surface area contributed by atoms with Crippen LogP contribution in [0.5, 0.6) is 0 Å². The Hall–Kier alpha value is -2.18. The van der Waals surface area contributed by atoms with Crippen LogP contribution in [0.25, 0.3) is 0 Å². The Morgan fingerprint density at radius 1 is 1.12 bits per heavy atom. The molecule has 6 heteroatoms. The lowest BCUT2D eigenvalue weighted by Gasteiger charge is -2.33. The van der Waals surface area contributed by atoms with Crippen LogP contribution in [0.3, 0.4) is 0 Å². The number of nitrogens with one attached hydrogen (secondary N) is 1. The molecule has 6 nitrogen and oxygen atoms in total. The van der Waals surface area contributed by atoms with Gasteiger partial charge in [-0.05, 0) is 38.0 Å². The first-order valence-electron chi connectivity index (χ1n) is 8.73. The normalized spacial score (nSPS) is 16.1. The minimum Gasteiger partial charge on any atom is -0.361 e.